The second-order valence-corrected chi connectivity index (χ2v) is 6.55. The van der Waals surface area contributed by atoms with Crippen molar-refractivity contribution in [1.29, 1.82) is 0 Å². The maximum Gasteiger partial charge on any atom is 0.167 e. The van der Waals surface area contributed by atoms with Crippen molar-refractivity contribution in [2.45, 2.75) is 20.5 Å². The number of rotatable bonds is 1. The molecule has 0 atom stereocenters. The van der Waals surface area contributed by atoms with Gasteiger partial charge in [-0.3, -0.25) is 4.98 Å². The van der Waals surface area contributed by atoms with Crippen molar-refractivity contribution in [1.82, 2.24) is 10.1 Å². The van der Waals surface area contributed by atoms with Crippen LogP contribution < -0.4 is 4.74 Å². The van der Waals surface area contributed by atoms with Crippen molar-refractivity contribution in [2.24, 2.45) is 0 Å². The molecule has 4 nitrogen and oxygen atoms in total. The molecule has 2 aromatic carbocycles. The third-order valence-electron chi connectivity index (χ3n) is 4.64. The summed E-state index contributed by atoms with van der Waals surface area (Å²) in [6.45, 7) is 4.66. The Bertz CT molecular complexity index is 1130. The molecule has 0 unspecified atom stereocenters. The van der Waals surface area contributed by atoms with Gasteiger partial charge in [-0.25, -0.2) is 0 Å². The molecule has 0 saturated carbocycles. The summed E-state index contributed by atoms with van der Waals surface area (Å²) >= 11 is 0. The lowest BCUT2D eigenvalue weighted by atomic mass is 9.98. The van der Waals surface area contributed by atoms with E-state index in [1.807, 2.05) is 24.4 Å². The number of aryl methyl sites for hydroxylation is 2. The standard InChI is InChI=1S/C21H16N2O2/c1-12-3-5-18-16(7-12)20-15(11-24-18)9-14(10-22-20)21-17-8-13(2)4-6-19(17)25-23-21/h3-10H,11H2,1-2H3. The lowest BCUT2D eigenvalue weighted by molar-refractivity contribution is 0.301. The van der Waals surface area contributed by atoms with Crippen LogP contribution in [-0.4, -0.2) is 10.1 Å². The van der Waals surface area contributed by atoms with Crippen LogP contribution in [0.25, 0.3) is 33.5 Å². The smallest absolute Gasteiger partial charge is 0.167 e. The van der Waals surface area contributed by atoms with E-state index < -0.39 is 0 Å². The third kappa shape index (κ3) is 2.22. The van der Waals surface area contributed by atoms with E-state index in [-0.39, 0.29) is 0 Å². The number of pyridine rings is 1. The highest BCUT2D eigenvalue weighted by Crippen LogP contribution is 2.38. The molecule has 25 heavy (non-hydrogen) atoms. The maximum absolute atomic E-state index is 5.90. The van der Waals surface area contributed by atoms with Gasteiger partial charge in [0.2, 0.25) is 0 Å². The van der Waals surface area contributed by atoms with Gasteiger partial charge in [-0.1, -0.05) is 28.4 Å². The molecule has 0 spiro atoms. The average Bonchev–Trinajstić information content (AvgIpc) is 3.04. The lowest BCUT2D eigenvalue weighted by Gasteiger charge is -2.20. The molecule has 0 N–H and O–H groups in total. The summed E-state index contributed by atoms with van der Waals surface area (Å²) in [7, 11) is 0. The summed E-state index contributed by atoms with van der Waals surface area (Å²) in [6, 6.07) is 14.4. The molecule has 2 aromatic heterocycles. The fourth-order valence-corrected chi connectivity index (χ4v) is 3.36. The first-order valence-corrected chi connectivity index (χ1v) is 8.28. The summed E-state index contributed by atoms with van der Waals surface area (Å²) in [5, 5.41) is 5.27. The van der Waals surface area contributed by atoms with Gasteiger partial charge in [-0.05, 0) is 44.2 Å². The fraction of sp³-hybridized carbons (Fsp3) is 0.143. The second kappa shape index (κ2) is 5.18. The van der Waals surface area contributed by atoms with Crippen molar-refractivity contribution >= 4 is 11.0 Å². The van der Waals surface area contributed by atoms with Crippen LogP contribution in [0.2, 0.25) is 0 Å². The molecule has 1 aliphatic rings. The Morgan fingerprint density at radius 3 is 2.68 bits per heavy atom. The highest BCUT2D eigenvalue weighted by Gasteiger charge is 2.20. The molecule has 1 aliphatic heterocycles. The highest BCUT2D eigenvalue weighted by molar-refractivity contribution is 5.92. The molecule has 4 heteroatoms. The number of aromatic nitrogens is 2. The van der Waals surface area contributed by atoms with E-state index in [1.54, 1.807) is 0 Å². The Hall–Kier alpha value is -3.14. The Balaban J connectivity index is 1.67. The van der Waals surface area contributed by atoms with Gasteiger partial charge in [-0.2, -0.15) is 0 Å². The SMILES string of the molecule is Cc1ccc2c(c1)-c1ncc(-c3noc4ccc(C)cc34)cc1CO2. The monoisotopic (exact) mass is 328 g/mol. The molecule has 0 amide bonds. The first-order chi connectivity index (χ1) is 12.2. The molecule has 122 valence electrons. The topological polar surface area (TPSA) is 48.2 Å². The second-order valence-electron chi connectivity index (χ2n) is 6.55. The lowest BCUT2D eigenvalue weighted by Crippen LogP contribution is -2.07. The summed E-state index contributed by atoms with van der Waals surface area (Å²) in [5.41, 5.74) is 8.03. The predicted molar refractivity (Wildman–Crippen MR) is 96.5 cm³/mol. The van der Waals surface area contributed by atoms with Crippen molar-refractivity contribution in [3.8, 4) is 28.3 Å². The van der Waals surface area contributed by atoms with Crippen LogP contribution in [0.5, 0.6) is 5.75 Å². The van der Waals surface area contributed by atoms with E-state index in [0.29, 0.717) is 6.61 Å². The van der Waals surface area contributed by atoms with Crippen LogP contribution in [0, 0.1) is 13.8 Å². The van der Waals surface area contributed by atoms with Crippen molar-refractivity contribution < 1.29 is 9.26 Å². The van der Waals surface area contributed by atoms with Crippen LogP contribution in [-0.2, 0) is 6.61 Å². The number of nitrogens with zero attached hydrogens (tertiary/aromatic N) is 2. The number of ether oxygens (including phenoxy) is 1. The van der Waals surface area contributed by atoms with Gasteiger partial charge in [0.1, 0.15) is 18.1 Å². The van der Waals surface area contributed by atoms with Gasteiger partial charge in [0.05, 0.1) is 11.1 Å². The third-order valence-corrected chi connectivity index (χ3v) is 4.64. The Kier molecular flexibility index (Phi) is 2.95. The fourth-order valence-electron chi connectivity index (χ4n) is 3.36. The summed E-state index contributed by atoms with van der Waals surface area (Å²) < 4.78 is 11.4. The van der Waals surface area contributed by atoms with E-state index in [1.165, 1.54) is 11.1 Å². The van der Waals surface area contributed by atoms with Crippen molar-refractivity contribution in [3.05, 3.63) is 65.4 Å². The molecule has 0 saturated heterocycles. The van der Waals surface area contributed by atoms with Gasteiger partial charge >= 0.3 is 0 Å². The van der Waals surface area contributed by atoms with Crippen LogP contribution >= 0.6 is 0 Å². The first-order valence-electron chi connectivity index (χ1n) is 8.28. The highest BCUT2D eigenvalue weighted by atomic mass is 16.5. The summed E-state index contributed by atoms with van der Waals surface area (Å²) in [6.07, 6.45) is 1.87. The summed E-state index contributed by atoms with van der Waals surface area (Å²) in [4.78, 5) is 4.73. The zero-order valence-electron chi connectivity index (χ0n) is 14.0. The van der Waals surface area contributed by atoms with E-state index in [0.717, 1.165) is 44.8 Å². The van der Waals surface area contributed by atoms with Gasteiger partial charge in [-0.15, -0.1) is 0 Å². The number of benzene rings is 2. The molecule has 5 rings (SSSR count). The van der Waals surface area contributed by atoms with E-state index in [4.69, 9.17) is 14.2 Å². The van der Waals surface area contributed by atoms with Crippen molar-refractivity contribution in [2.75, 3.05) is 0 Å². The largest absolute Gasteiger partial charge is 0.488 e. The van der Waals surface area contributed by atoms with Gasteiger partial charge < -0.3 is 9.26 Å². The number of fused-ring (bicyclic) bond motifs is 4. The van der Waals surface area contributed by atoms with Gasteiger partial charge in [0.15, 0.2) is 5.58 Å². The molecule has 0 radical (unpaired) electrons. The van der Waals surface area contributed by atoms with Crippen LogP contribution in [0.1, 0.15) is 16.7 Å². The molecule has 0 aliphatic carbocycles. The van der Waals surface area contributed by atoms with Crippen LogP contribution in [0.15, 0.2) is 53.2 Å². The quantitative estimate of drug-likeness (QED) is 0.490. The molecular weight excluding hydrogens is 312 g/mol. The minimum Gasteiger partial charge on any atom is -0.488 e. The average molecular weight is 328 g/mol. The molecule has 4 aromatic rings. The van der Waals surface area contributed by atoms with Crippen LogP contribution in [0.4, 0.5) is 0 Å². The molecule has 3 heterocycles. The Labute approximate surface area is 145 Å². The normalized spacial score (nSPS) is 12.6. The zero-order valence-corrected chi connectivity index (χ0v) is 14.0. The Morgan fingerprint density at radius 2 is 1.76 bits per heavy atom. The maximum atomic E-state index is 5.90. The molecule has 0 fully saturated rings. The zero-order chi connectivity index (χ0) is 17.0. The number of hydrogen-bond donors (Lipinski definition) is 0. The minimum absolute atomic E-state index is 0.515. The summed E-state index contributed by atoms with van der Waals surface area (Å²) in [5.74, 6) is 0.890. The van der Waals surface area contributed by atoms with E-state index in [2.05, 4.69) is 43.3 Å². The van der Waals surface area contributed by atoms with Crippen molar-refractivity contribution in [3.63, 3.8) is 0 Å². The number of hydrogen-bond acceptors (Lipinski definition) is 4. The first kappa shape index (κ1) is 14.2. The van der Waals surface area contributed by atoms with Crippen LogP contribution in [0.3, 0.4) is 0 Å². The van der Waals surface area contributed by atoms with Gasteiger partial charge in [0.25, 0.3) is 0 Å². The van der Waals surface area contributed by atoms with Gasteiger partial charge in [0, 0.05) is 22.9 Å². The molecular formula is C21H16N2O2. The Morgan fingerprint density at radius 1 is 0.920 bits per heavy atom. The molecule has 0 bridgehead atoms. The van der Waals surface area contributed by atoms with E-state index in [9.17, 15) is 0 Å². The predicted octanol–water partition coefficient (Wildman–Crippen LogP) is 5.07. The van der Waals surface area contributed by atoms with E-state index >= 15 is 0 Å². The minimum atomic E-state index is 0.515.